The molecule has 0 radical (unpaired) electrons. The smallest absolute Gasteiger partial charge is 0.255 e. The van der Waals surface area contributed by atoms with E-state index in [0.29, 0.717) is 55.6 Å². The van der Waals surface area contributed by atoms with Crippen molar-refractivity contribution in [2.24, 2.45) is 7.05 Å². The van der Waals surface area contributed by atoms with Crippen LogP contribution in [0.4, 0.5) is 23.1 Å². The van der Waals surface area contributed by atoms with Crippen molar-refractivity contribution in [1.29, 1.82) is 0 Å². The minimum absolute atomic E-state index is 0.00433. The molecule has 1 fully saturated rings. The number of anilines is 4. The summed E-state index contributed by atoms with van der Waals surface area (Å²) >= 11 is 0. The fourth-order valence-corrected chi connectivity index (χ4v) is 7.46. The number of rotatable bonds is 9. The molecular weight excluding hydrogens is 672 g/mol. The van der Waals surface area contributed by atoms with Gasteiger partial charge in [-0.3, -0.25) is 24.5 Å². The van der Waals surface area contributed by atoms with Crippen molar-refractivity contribution in [1.82, 2.24) is 40.2 Å². The van der Waals surface area contributed by atoms with Crippen molar-refractivity contribution in [3.05, 3.63) is 99.7 Å². The fraction of sp³-hybridized carbons (Fsp3) is 0.308. The van der Waals surface area contributed by atoms with Gasteiger partial charge in [0.25, 0.3) is 5.91 Å². The molecular formula is C39H40N10O4. The second kappa shape index (κ2) is 13.8. The van der Waals surface area contributed by atoms with Crippen molar-refractivity contribution in [2.75, 3.05) is 23.7 Å². The maximum absolute atomic E-state index is 13.3. The molecule has 0 aliphatic carbocycles. The number of benzene rings is 3. The molecule has 1 atom stereocenters. The first kappa shape index (κ1) is 34.0. The number of fused-ring (bicyclic) bond motifs is 3. The number of aromatic nitrogens is 4. The number of imide groups is 1. The van der Waals surface area contributed by atoms with Gasteiger partial charge < -0.3 is 25.8 Å². The average Bonchev–Trinajstić information content (AvgIpc) is 3.63. The molecule has 3 aromatic carbocycles. The lowest BCUT2D eigenvalue weighted by Crippen LogP contribution is -2.52. The van der Waals surface area contributed by atoms with E-state index >= 15 is 0 Å². The van der Waals surface area contributed by atoms with E-state index in [-0.39, 0.29) is 30.7 Å². The van der Waals surface area contributed by atoms with Crippen LogP contribution in [0.1, 0.15) is 56.6 Å². The summed E-state index contributed by atoms with van der Waals surface area (Å²) in [5.41, 5.74) is 9.42. The Morgan fingerprint density at radius 2 is 1.77 bits per heavy atom. The molecule has 0 spiro atoms. The number of nitrogens with one attached hydrogen (secondary N) is 4. The van der Waals surface area contributed by atoms with Gasteiger partial charge in [-0.05, 0) is 78.3 Å². The van der Waals surface area contributed by atoms with Crippen molar-refractivity contribution < 1.29 is 19.2 Å². The van der Waals surface area contributed by atoms with Crippen molar-refractivity contribution >= 4 is 57.8 Å². The van der Waals surface area contributed by atoms with Gasteiger partial charge in [-0.15, -0.1) is 0 Å². The second-order valence-electron chi connectivity index (χ2n) is 14.0. The number of para-hydroxylation sites is 1. The Labute approximate surface area is 306 Å². The Balaban J connectivity index is 0.872. The van der Waals surface area contributed by atoms with Crippen molar-refractivity contribution in [3.63, 3.8) is 0 Å². The molecule has 3 aliphatic rings. The summed E-state index contributed by atoms with van der Waals surface area (Å²) < 4.78 is 1.74. The van der Waals surface area contributed by atoms with Crippen molar-refractivity contribution in [2.45, 2.75) is 58.8 Å². The zero-order chi connectivity index (χ0) is 36.8. The van der Waals surface area contributed by atoms with Gasteiger partial charge in [-0.2, -0.15) is 10.1 Å². The van der Waals surface area contributed by atoms with Crippen LogP contribution in [0.25, 0.3) is 11.0 Å². The summed E-state index contributed by atoms with van der Waals surface area (Å²) in [7, 11) is 1.86. The van der Waals surface area contributed by atoms with Crippen LogP contribution in [0.2, 0.25) is 0 Å². The first-order chi connectivity index (χ1) is 25.6. The predicted molar refractivity (Wildman–Crippen MR) is 199 cm³/mol. The maximum atomic E-state index is 13.3. The maximum Gasteiger partial charge on any atom is 0.255 e. The zero-order valence-corrected chi connectivity index (χ0v) is 29.8. The molecule has 5 heterocycles. The van der Waals surface area contributed by atoms with E-state index in [4.69, 9.17) is 4.98 Å². The van der Waals surface area contributed by atoms with Crippen LogP contribution in [0.3, 0.4) is 0 Å². The number of carbonyl (C=O) groups is 4. The third kappa shape index (κ3) is 6.68. The van der Waals surface area contributed by atoms with Crippen LogP contribution in [-0.4, -0.2) is 72.3 Å². The van der Waals surface area contributed by atoms with E-state index in [2.05, 4.69) is 69.5 Å². The number of hydrogen-bond acceptors (Lipinski definition) is 10. The number of amides is 4. The van der Waals surface area contributed by atoms with Crippen LogP contribution >= 0.6 is 0 Å². The molecule has 270 valence electrons. The van der Waals surface area contributed by atoms with Crippen LogP contribution in [0, 0.1) is 13.8 Å². The minimum Gasteiger partial charge on any atom is -0.338 e. The first-order valence-corrected chi connectivity index (χ1v) is 17.8. The van der Waals surface area contributed by atoms with Gasteiger partial charge in [0.05, 0.1) is 11.9 Å². The second-order valence-corrected chi connectivity index (χ2v) is 14.0. The Morgan fingerprint density at radius 1 is 0.943 bits per heavy atom. The largest absolute Gasteiger partial charge is 0.338 e. The number of hydrogen-bond donors (Lipinski definition) is 4. The summed E-state index contributed by atoms with van der Waals surface area (Å²) in [5.74, 6) is 0.211. The van der Waals surface area contributed by atoms with Gasteiger partial charge in [0, 0.05) is 62.8 Å². The molecule has 2 aromatic heterocycles. The van der Waals surface area contributed by atoms with E-state index < -0.39 is 11.9 Å². The van der Waals surface area contributed by atoms with Gasteiger partial charge >= 0.3 is 0 Å². The summed E-state index contributed by atoms with van der Waals surface area (Å²) in [5, 5.41) is 17.9. The first-order valence-electron chi connectivity index (χ1n) is 17.8. The lowest BCUT2D eigenvalue weighted by Gasteiger charge is -2.29. The molecule has 1 saturated heterocycles. The quantitative estimate of drug-likeness (QED) is 0.165. The molecule has 14 heteroatoms. The highest BCUT2D eigenvalue weighted by molar-refractivity contribution is 6.05. The molecule has 0 bridgehead atoms. The summed E-state index contributed by atoms with van der Waals surface area (Å²) in [4.78, 5) is 63.0. The summed E-state index contributed by atoms with van der Waals surface area (Å²) in [6.45, 7) is 6.20. The van der Waals surface area contributed by atoms with Crippen molar-refractivity contribution in [3.8, 4) is 0 Å². The van der Waals surface area contributed by atoms with Gasteiger partial charge in [0.1, 0.15) is 6.04 Å². The zero-order valence-electron chi connectivity index (χ0n) is 29.8. The Hall–Kier alpha value is -6.15. The monoisotopic (exact) mass is 712 g/mol. The molecule has 53 heavy (non-hydrogen) atoms. The molecule has 4 N–H and O–H groups in total. The minimum atomic E-state index is -0.650. The highest BCUT2D eigenvalue weighted by Gasteiger charge is 2.39. The van der Waals surface area contributed by atoms with Crippen LogP contribution in [0.15, 0.2) is 60.8 Å². The third-order valence-electron chi connectivity index (χ3n) is 10.3. The Bertz CT molecular complexity index is 2300. The number of aryl methyl sites for hydroxylation is 3. The lowest BCUT2D eigenvalue weighted by atomic mass is 9.99. The van der Waals surface area contributed by atoms with E-state index in [1.54, 1.807) is 16.9 Å². The number of carbonyl (C=O) groups excluding carboxylic acids is 4. The molecule has 8 rings (SSSR count). The molecule has 4 amide bonds. The lowest BCUT2D eigenvalue weighted by molar-refractivity contribution is -0.137. The average molecular weight is 713 g/mol. The molecule has 14 nitrogen and oxygen atoms in total. The fourth-order valence-electron chi connectivity index (χ4n) is 7.46. The molecule has 3 aliphatic heterocycles. The van der Waals surface area contributed by atoms with Crippen LogP contribution in [-0.2, 0) is 47.5 Å². The standard InChI is InChI=1S/C39H40N10O4/c1-22-5-4-6-23(2)34(22)44-35-30-18-41-39(45-36(30)47(3)46-35)42-28-9-8-25-13-14-48(20-26(25)16-28)33(51)19-40-17-24-7-10-29-27(15-24)21-49(38(29)53)31-11-12-32(50)43-37(31)52/h4-10,15-16,18,31,40H,11-14,17,19-21H2,1-3H3,(H,44,46)(H,41,42,45)(H,43,50,52). The Morgan fingerprint density at radius 3 is 2.58 bits per heavy atom. The summed E-state index contributed by atoms with van der Waals surface area (Å²) in [6, 6.07) is 17.3. The predicted octanol–water partition coefficient (Wildman–Crippen LogP) is 3.90. The Kier molecular flexibility index (Phi) is 8.82. The van der Waals surface area contributed by atoms with E-state index in [1.807, 2.05) is 36.2 Å². The van der Waals surface area contributed by atoms with Gasteiger partial charge in [-0.25, -0.2) is 9.67 Å². The summed E-state index contributed by atoms with van der Waals surface area (Å²) in [6.07, 6.45) is 3.08. The van der Waals surface area contributed by atoms with E-state index in [1.165, 1.54) is 10.5 Å². The number of piperidine rings is 1. The van der Waals surface area contributed by atoms with Crippen LogP contribution in [0.5, 0.6) is 0 Å². The van der Waals surface area contributed by atoms with E-state index in [9.17, 15) is 19.2 Å². The normalized spacial score (nSPS) is 16.8. The van der Waals surface area contributed by atoms with Gasteiger partial charge in [-0.1, -0.05) is 36.4 Å². The third-order valence-corrected chi connectivity index (χ3v) is 10.3. The van der Waals surface area contributed by atoms with E-state index in [0.717, 1.165) is 51.0 Å². The highest BCUT2D eigenvalue weighted by Crippen LogP contribution is 2.31. The SMILES string of the molecule is Cc1cccc(C)c1Nc1nn(C)c2nc(Nc3ccc4c(c3)CN(C(=O)CNCc3ccc5c(c3)CN(C3CCC(=O)NC3=O)C5=O)CC4)ncc12. The molecule has 0 saturated carbocycles. The number of nitrogens with zero attached hydrogens (tertiary/aromatic N) is 6. The molecule has 5 aromatic rings. The van der Waals surface area contributed by atoms with Gasteiger partial charge in [0.15, 0.2) is 11.5 Å². The highest BCUT2D eigenvalue weighted by atomic mass is 16.2. The van der Waals surface area contributed by atoms with Gasteiger partial charge in [0.2, 0.25) is 23.7 Å². The molecule has 1 unspecified atom stereocenters. The van der Waals surface area contributed by atoms with Crippen LogP contribution < -0.4 is 21.3 Å². The topological polar surface area (TPSA) is 166 Å².